The molecule has 2 N–H and O–H groups in total. The number of benzene rings is 1. The lowest BCUT2D eigenvalue weighted by atomic mass is 10.1. The van der Waals surface area contributed by atoms with Crippen molar-refractivity contribution in [2.45, 2.75) is 26.0 Å². The summed E-state index contributed by atoms with van der Waals surface area (Å²) in [6, 6.07) is 9.79. The maximum atomic E-state index is 9.94. The predicted molar refractivity (Wildman–Crippen MR) is 79.9 cm³/mol. The minimum atomic E-state index is -0.658. The lowest BCUT2D eigenvalue weighted by Gasteiger charge is -2.27. The Labute approximate surface area is 117 Å². The second-order valence-electron chi connectivity index (χ2n) is 4.72. The van der Waals surface area contributed by atoms with Crippen LogP contribution in [-0.4, -0.2) is 17.3 Å². The molecule has 0 saturated carbocycles. The fourth-order valence-corrected chi connectivity index (χ4v) is 2.87. The van der Waals surface area contributed by atoms with Gasteiger partial charge in [-0.1, -0.05) is 12.1 Å². The minimum absolute atomic E-state index is 0.137. The molecule has 0 bridgehead atoms. The van der Waals surface area contributed by atoms with Crippen LogP contribution >= 0.6 is 11.3 Å². The molecule has 2 rings (SSSR count). The van der Waals surface area contributed by atoms with Crippen LogP contribution in [0.1, 0.15) is 36.4 Å². The Bertz CT molecular complexity index is 537. The van der Waals surface area contributed by atoms with Gasteiger partial charge in [0.15, 0.2) is 0 Å². The van der Waals surface area contributed by atoms with Crippen molar-refractivity contribution in [3.8, 4) is 5.75 Å². The Morgan fingerprint density at radius 1 is 1.21 bits per heavy atom. The van der Waals surface area contributed by atoms with E-state index in [2.05, 4.69) is 23.3 Å². The third-order valence-corrected chi connectivity index (χ3v) is 4.45. The van der Waals surface area contributed by atoms with E-state index >= 15 is 0 Å². The lowest BCUT2D eigenvalue weighted by molar-refractivity contribution is 0.195. The number of aliphatic hydroxyl groups excluding tert-OH is 1. The molecule has 0 fully saturated rings. The van der Waals surface area contributed by atoms with E-state index in [-0.39, 0.29) is 11.8 Å². The summed E-state index contributed by atoms with van der Waals surface area (Å²) in [7, 11) is 2.00. The molecule has 1 aromatic carbocycles. The number of nitrogens with zero attached hydrogens (tertiary/aromatic N) is 1. The molecule has 0 spiro atoms. The smallest absolute Gasteiger partial charge is 0.123 e. The number of anilines is 1. The highest BCUT2D eigenvalue weighted by atomic mass is 32.1. The van der Waals surface area contributed by atoms with Crippen LogP contribution in [0.2, 0.25) is 0 Å². The molecule has 0 aliphatic rings. The van der Waals surface area contributed by atoms with Crippen molar-refractivity contribution >= 4 is 17.0 Å². The fraction of sp³-hybridized carbons (Fsp3) is 0.333. The Balaban J connectivity index is 2.24. The summed E-state index contributed by atoms with van der Waals surface area (Å²) >= 11 is 1.72. The van der Waals surface area contributed by atoms with E-state index in [0.717, 1.165) is 5.69 Å². The number of aliphatic hydroxyl groups is 1. The first-order valence-electron chi connectivity index (χ1n) is 6.28. The van der Waals surface area contributed by atoms with Gasteiger partial charge in [-0.15, -0.1) is 11.3 Å². The first kappa shape index (κ1) is 13.9. The van der Waals surface area contributed by atoms with Crippen molar-refractivity contribution in [1.82, 2.24) is 0 Å². The highest BCUT2D eigenvalue weighted by Gasteiger charge is 2.15. The van der Waals surface area contributed by atoms with E-state index < -0.39 is 6.10 Å². The van der Waals surface area contributed by atoms with Gasteiger partial charge in [0.2, 0.25) is 0 Å². The normalized spacial score (nSPS) is 14.1. The molecular weight excluding hydrogens is 258 g/mol. The number of rotatable bonds is 4. The number of thiophene rings is 1. The van der Waals surface area contributed by atoms with Crippen molar-refractivity contribution in [3.05, 3.63) is 46.2 Å². The standard InChI is InChI=1S/C15H19NO2S/c1-10(15-5-4-8-19-15)16(3)12-6-7-13(11(2)17)14(18)9-12/h4-11,17-18H,1-3H3. The van der Waals surface area contributed by atoms with Crippen molar-refractivity contribution < 1.29 is 10.2 Å². The van der Waals surface area contributed by atoms with E-state index in [1.54, 1.807) is 30.4 Å². The van der Waals surface area contributed by atoms with Gasteiger partial charge < -0.3 is 15.1 Å². The van der Waals surface area contributed by atoms with Gasteiger partial charge in [0, 0.05) is 29.2 Å². The van der Waals surface area contributed by atoms with Crippen LogP contribution < -0.4 is 4.90 Å². The topological polar surface area (TPSA) is 43.7 Å². The maximum absolute atomic E-state index is 9.94. The first-order chi connectivity index (χ1) is 9.00. The van der Waals surface area contributed by atoms with Crippen LogP contribution in [0, 0.1) is 0 Å². The van der Waals surface area contributed by atoms with Gasteiger partial charge in [-0.05, 0) is 31.4 Å². The number of hydrogen-bond donors (Lipinski definition) is 2. The summed E-state index contributed by atoms with van der Waals surface area (Å²) in [5.74, 6) is 0.137. The van der Waals surface area contributed by atoms with Crippen LogP contribution in [0.25, 0.3) is 0 Å². The first-order valence-corrected chi connectivity index (χ1v) is 7.16. The molecule has 2 aromatic rings. The SMILES string of the molecule is CC(O)c1ccc(N(C)C(C)c2cccs2)cc1O. The highest BCUT2D eigenvalue weighted by Crippen LogP contribution is 2.33. The summed E-state index contributed by atoms with van der Waals surface area (Å²) in [6.45, 7) is 3.78. The van der Waals surface area contributed by atoms with Gasteiger partial charge >= 0.3 is 0 Å². The van der Waals surface area contributed by atoms with Crippen LogP contribution in [0.3, 0.4) is 0 Å². The largest absolute Gasteiger partial charge is 0.507 e. The molecule has 19 heavy (non-hydrogen) atoms. The van der Waals surface area contributed by atoms with Crippen LogP contribution in [0.15, 0.2) is 35.7 Å². The van der Waals surface area contributed by atoms with Gasteiger partial charge in [0.25, 0.3) is 0 Å². The van der Waals surface area contributed by atoms with Gasteiger partial charge in [-0.3, -0.25) is 0 Å². The number of hydrogen-bond acceptors (Lipinski definition) is 4. The molecule has 2 atom stereocenters. The van der Waals surface area contributed by atoms with E-state index in [9.17, 15) is 10.2 Å². The Morgan fingerprint density at radius 2 is 1.95 bits per heavy atom. The molecule has 0 amide bonds. The molecule has 2 unspecified atom stereocenters. The zero-order chi connectivity index (χ0) is 14.0. The molecule has 102 valence electrons. The Morgan fingerprint density at radius 3 is 2.47 bits per heavy atom. The molecule has 0 saturated heterocycles. The minimum Gasteiger partial charge on any atom is -0.507 e. The average Bonchev–Trinajstić information content (AvgIpc) is 2.90. The Kier molecular flexibility index (Phi) is 4.12. The number of phenols is 1. The zero-order valence-electron chi connectivity index (χ0n) is 11.4. The average molecular weight is 277 g/mol. The van der Waals surface area contributed by atoms with Crippen molar-refractivity contribution in [2.24, 2.45) is 0 Å². The molecule has 1 aromatic heterocycles. The van der Waals surface area contributed by atoms with E-state index in [1.807, 2.05) is 19.2 Å². The van der Waals surface area contributed by atoms with Crippen molar-refractivity contribution in [1.29, 1.82) is 0 Å². The van der Waals surface area contributed by atoms with Crippen molar-refractivity contribution in [2.75, 3.05) is 11.9 Å². The summed E-state index contributed by atoms with van der Waals surface area (Å²) in [5, 5.41) is 21.5. The molecule has 4 heteroatoms. The van der Waals surface area contributed by atoms with Gasteiger partial charge in [0.05, 0.1) is 12.1 Å². The van der Waals surface area contributed by atoms with Crippen LogP contribution in [-0.2, 0) is 0 Å². The second-order valence-corrected chi connectivity index (χ2v) is 5.70. The summed E-state index contributed by atoms with van der Waals surface area (Å²) in [5.41, 5.74) is 1.49. The van der Waals surface area contributed by atoms with Gasteiger partial charge in [-0.2, -0.15) is 0 Å². The highest BCUT2D eigenvalue weighted by molar-refractivity contribution is 7.10. The lowest BCUT2D eigenvalue weighted by Crippen LogP contribution is -2.20. The molecule has 1 heterocycles. The quantitative estimate of drug-likeness (QED) is 0.895. The summed E-state index contributed by atoms with van der Waals surface area (Å²) in [6.07, 6.45) is -0.658. The second kappa shape index (κ2) is 5.63. The Hall–Kier alpha value is -1.52. The molecule has 0 aliphatic carbocycles. The maximum Gasteiger partial charge on any atom is 0.123 e. The summed E-state index contributed by atoms with van der Waals surface area (Å²) in [4.78, 5) is 3.39. The van der Waals surface area contributed by atoms with E-state index in [4.69, 9.17) is 0 Å². The van der Waals surface area contributed by atoms with E-state index in [1.165, 1.54) is 4.88 Å². The summed E-state index contributed by atoms with van der Waals surface area (Å²) < 4.78 is 0. The monoisotopic (exact) mass is 277 g/mol. The third kappa shape index (κ3) is 2.91. The zero-order valence-corrected chi connectivity index (χ0v) is 12.2. The van der Waals surface area contributed by atoms with Gasteiger partial charge in [-0.25, -0.2) is 0 Å². The van der Waals surface area contributed by atoms with Crippen LogP contribution in [0.4, 0.5) is 5.69 Å². The van der Waals surface area contributed by atoms with E-state index in [0.29, 0.717) is 5.56 Å². The third-order valence-electron chi connectivity index (χ3n) is 3.41. The van der Waals surface area contributed by atoms with Gasteiger partial charge in [0.1, 0.15) is 5.75 Å². The fourth-order valence-electron chi connectivity index (χ4n) is 2.05. The number of aromatic hydroxyl groups is 1. The number of phenolic OH excluding ortho intramolecular Hbond substituents is 1. The predicted octanol–water partition coefficient (Wildman–Crippen LogP) is 3.70. The molecule has 0 aliphatic heterocycles. The molecular formula is C15H19NO2S. The molecule has 3 nitrogen and oxygen atoms in total. The van der Waals surface area contributed by atoms with Crippen LogP contribution in [0.5, 0.6) is 5.75 Å². The van der Waals surface area contributed by atoms with Crippen molar-refractivity contribution in [3.63, 3.8) is 0 Å². The molecule has 0 radical (unpaired) electrons.